The number of nitrogens with zero attached hydrogens (tertiary/aromatic N) is 2. The molecule has 132 valence electrons. The van der Waals surface area contributed by atoms with Crippen molar-refractivity contribution >= 4 is 35.5 Å². The van der Waals surface area contributed by atoms with Crippen molar-refractivity contribution in [3.63, 3.8) is 0 Å². The number of hydrogen-bond acceptors (Lipinski definition) is 2. The first-order valence-electron chi connectivity index (χ1n) is 8.68. The number of hydrogen-bond donors (Lipinski definition) is 1. The van der Waals surface area contributed by atoms with Crippen molar-refractivity contribution in [1.29, 1.82) is 0 Å². The maximum atomic E-state index is 5.67. The van der Waals surface area contributed by atoms with Gasteiger partial charge in [-0.3, -0.25) is 4.99 Å². The summed E-state index contributed by atoms with van der Waals surface area (Å²) in [5.74, 6) is 1.01. The molecule has 0 saturated carbocycles. The fourth-order valence-corrected chi connectivity index (χ4v) is 3.33. The number of ether oxygens (including phenoxy) is 1. The summed E-state index contributed by atoms with van der Waals surface area (Å²) >= 11 is 0. The highest BCUT2D eigenvalue weighted by Crippen LogP contribution is 2.22. The zero-order chi connectivity index (χ0) is 15.9. The Labute approximate surface area is 162 Å². The topological polar surface area (TPSA) is 36.9 Å². The number of nitrogens with one attached hydrogen (secondary N) is 1. The highest BCUT2D eigenvalue weighted by atomic mass is 127. The molecule has 1 unspecified atom stereocenters. The second-order valence-corrected chi connectivity index (χ2v) is 6.19. The summed E-state index contributed by atoms with van der Waals surface area (Å²) < 4.78 is 5.67. The predicted molar refractivity (Wildman–Crippen MR) is 111 cm³/mol. The molecule has 2 aliphatic heterocycles. The molecule has 1 atom stereocenters. The van der Waals surface area contributed by atoms with E-state index in [9.17, 15) is 0 Å². The van der Waals surface area contributed by atoms with Gasteiger partial charge in [-0.25, -0.2) is 0 Å². The Balaban J connectivity index is 0.00000208. The van der Waals surface area contributed by atoms with Crippen LogP contribution in [0.1, 0.15) is 31.2 Å². The summed E-state index contributed by atoms with van der Waals surface area (Å²) in [5.41, 5.74) is 2.78. The molecule has 0 aliphatic carbocycles. The molecule has 0 bridgehead atoms. The van der Waals surface area contributed by atoms with Gasteiger partial charge in [-0.1, -0.05) is 36.4 Å². The summed E-state index contributed by atoms with van der Waals surface area (Å²) in [6.07, 6.45) is 7.30. The lowest BCUT2D eigenvalue weighted by molar-refractivity contribution is 0.105. The molecule has 5 heteroatoms. The summed E-state index contributed by atoms with van der Waals surface area (Å²) in [7, 11) is 1.87. The van der Waals surface area contributed by atoms with Crippen LogP contribution in [0.2, 0.25) is 0 Å². The molecule has 1 N–H and O–H groups in total. The molecule has 0 radical (unpaired) electrons. The molecule has 1 aromatic rings. The molecule has 2 heterocycles. The number of benzene rings is 1. The van der Waals surface area contributed by atoms with Crippen LogP contribution in [0, 0.1) is 0 Å². The minimum Gasteiger partial charge on any atom is -0.378 e. The van der Waals surface area contributed by atoms with E-state index in [1.807, 2.05) is 7.05 Å². The van der Waals surface area contributed by atoms with E-state index in [0.29, 0.717) is 6.10 Å². The monoisotopic (exact) mass is 441 g/mol. The van der Waals surface area contributed by atoms with Gasteiger partial charge in [0.2, 0.25) is 0 Å². The Kier molecular flexibility index (Phi) is 8.05. The summed E-state index contributed by atoms with van der Waals surface area (Å²) in [4.78, 5) is 6.76. The second-order valence-electron chi connectivity index (χ2n) is 6.19. The van der Waals surface area contributed by atoms with Crippen LogP contribution < -0.4 is 5.32 Å². The van der Waals surface area contributed by atoms with Crippen molar-refractivity contribution in [2.45, 2.75) is 31.8 Å². The van der Waals surface area contributed by atoms with Gasteiger partial charge >= 0.3 is 0 Å². The molecule has 1 saturated heterocycles. The van der Waals surface area contributed by atoms with Crippen LogP contribution in [0.4, 0.5) is 0 Å². The summed E-state index contributed by atoms with van der Waals surface area (Å²) in [6, 6.07) is 10.7. The van der Waals surface area contributed by atoms with Crippen LogP contribution in [0.5, 0.6) is 0 Å². The second kappa shape index (κ2) is 10.0. The van der Waals surface area contributed by atoms with Crippen molar-refractivity contribution in [1.82, 2.24) is 10.2 Å². The van der Waals surface area contributed by atoms with Gasteiger partial charge in [0.25, 0.3) is 0 Å². The Morgan fingerprint density at radius 3 is 2.79 bits per heavy atom. The predicted octanol–water partition coefficient (Wildman–Crippen LogP) is 3.54. The van der Waals surface area contributed by atoms with E-state index in [4.69, 9.17) is 4.74 Å². The van der Waals surface area contributed by atoms with Gasteiger partial charge in [0.05, 0.1) is 6.10 Å². The maximum Gasteiger partial charge on any atom is 0.193 e. The summed E-state index contributed by atoms with van der Waals surface area (Å²) in [6.45, 7) is 3.80. The van der Waals surface area contributed by atoms with E-state index in [-0.39, 0.29) is 24.0 Å². The fourth-order valence-electron chi connectivity index (χ4n) is 3.33. The molecule has 4 nitrogen and oxygen atoms in total. The lowest BCUT2D eigenvalue weighted by Crippen LogP contribution is -2.44. The average Bonchev–Trinajstić information content (AvgIpc) is 3.13. The molecule has 2 aliphatic rings. The molecule has 0 spiro atoms. The van der Waals surface area contributed by atoms with Crippen LogP contribution in [0.25, 0.3) is 5.57 Å². The van der Waals surface area contributed by atoms with Crippen molar-refractivity contribution in [3.8, 4) is 0 Å². The first-order valence-corrected chi connectivity index (χ1v) is 8.68. The van der Waals surface area contributed by atoms with E-state index >= 15 is 0 Å². The Hall–Kier alpha value is -1.08. The van der Waals surface area contributed by atoms with E-state index in [1.165, 1.54) is 24.0 Å². The minimum absolute atomic E-state index is 0. The van der Waals surface area contributed by atoms with Crippen LogP contribution in [0.3, 0.4) is 0 Å². The van der Waals surface area contributed by atoms with Gasteiger partial charge in [0, 0.05) is 33.3 Å². The number of guanidine groups is 1. The number of aliphatic imine (C=N–C) groups is 1. The lowest BCUT2D eigenvalue weighted by atomic mass is 10.00. The molecule has 3 rings (SSSR count). The van der Waals surface area contributed by atoms with E-state index in [1.54, 1.807) is 0 Å². The molecule has 0 aromatic heterocycles. The molecular formula is C19H28IN3O. The normalized spacial score (nSPS) is 21.2. The van der Waals surface area contributed by atoms with Gasteiger partial charge in [-0.15, -0.1) is 24.0 Å². The highest BCUT2D eigenvalue weighted by Gasteiger charge is 2.18. The van der Waals surface area contributed by atoms with Crippen LogP contribution in [-0.2, 0) is 4.74 Å². The first-order chi connectivity index (χ1) is 11.4. The van der Waals surface area contributed by atoms with Gasteiger partial charge in [0.15, 0.2) is 5.96 Å². The Bertz CT molecular complexity index is 553. The van der Waals surface area contributed by atoms with Gasteiger partial charge in [0.1, 0.15) is 0 Å². The third-order valence-electron chi connectivity index (χ3n) is 4.64. The molecule has 1 aromatic carbocycles. The molecule has 1 fully saturated rings. The van der Waals surface area contributed by atoms with Crippen LogP contribution in [-0.4, -0.2) is 50.3 Å². The maximum absolute atomic E-state index is 5.67. The minimum atomic E-state index is 0. The van der Waals surface area contributed by atoms with Gasteiger partial charge in [-0.2, -0.15) is 0 Å². The molecule has 0 amide bonds. The van der Waals surface area contributed by atoms with Crippen molar-refractivity contribution in [2.75, 3.05) is 33.3 Å². The van der Waals surface area contributed by atoms with Crippen LogP contribution in [0.15, 0.2) is 41.4 Å². The number of halogens is 1. The quantitative estimate of drug-likeness (QED) is 0.441. The molecular weight excluding hydrogens is 413 g/mol. The zero-order valence-corrected chi connectivity index (χ0v) is 16.7. The highest BCUT2D eigenvalue weighted by molar-refractivity contribution is 14.0. The van der Waals surface area contributed by atoms with Crippen molar-refractivity contribution < 1.29 is 4.74 Å². The fraction of sp³-hybridized carbons (Fsp3) is 0.526. The standard InChI is InChI=1S/C19H27N3O.HI/c1-20-19(21-12-9-18-8-5-15-23-18)22-13-10-17(11-14-22)16-6-3-2-4-7-16;/h2-4,6-7,10,18H,5,8-9,11-15H2,1H3,(H,20,21);1H. The Morgan fingerprint density at radius 2 is 2.17 bits per heavy atom. The first kappa shape index (κ1) is 19.2. The van der Waals surface area contributed by atoms with Crippen molar-refractivity contribution in [2.24, 2.45) is 4.99 Å². The SMILES string of the molecule is CN=C(NCCC1CCCO1)N1CC=C(c2ccccc2)CC1.I. The number of rotatable bonds is 4. The Morgan fingerprint density at radius 1 is 1.33 bits per heavy atom. The third-order valence-corrected chi connectivity index (χ3v) is 4.64. The van der Waals surface area contributed by atoms with Crippen molar-refractivity contribution in [3.05, 3.63) is 42.0 Å². The molecule has 24 heavy (non-hydrogen) atoms. The van der Waals surface area contributed by atoms with E-state index in [0.717, 1.165) is 45.0 Å². The largest absolute Gasteiger partial charge is 0.378 e. The smallest absolute Gasteiger partial charge is 0.193 e. The average molecular weight is 441 g/mol. The van der Waals surface area contributed by atoms with Gasteiger partial charge < -0.3 is 15.0 Å². The van der Waals surface area contributed by atoms with Crippen LogP contribution >= 0.6 is 24.0 Å². The lowest BCUT2D eigenvalue weighted by Gasteiger charge is -2.30. The third kappa shape index (κ3) is 5.21. The zero-order valence-electron chi connectivity index (χ0n) is 14.4. The summed E-state index contributed by atoms with van der Waals surface area (Å²) in [5, 5.41) is 3.49. The van der Waals surface area contributed by atoms with E-state index in [2.05, 4.69) is 51.6 Å². The van der Waals surface area contributed by atoms with Gasteiger partial charge in [-0.05, 0) is 36.8 Å². The van der Waals surface area contributed by atoms with E-state index < -0.39 is 0 Å².